The summed E-state index contributed by atoms with van der Waals surface area (Å²) in [5.41, 5.74) is 7.79. The summed E-state index contributed by atoms with van der Waals surface area (Å²) in [5, 5.41) is 20.1. The van der Waals surface area contributed by atoms with Crippen LogP contribution in [0.5, 0.6) is 0 Å². The fourth-order valence-electron chi connectivity index (χ4n) is 8.22. The van der Waals surface area contributed by atoms with Crippen molar-refractivity contribution >= 4 is 33.1 Å². The zero-order valence-corrected chi connectivity index (χ0v) is 32.8. The average Bonchev–Trinajstić information content (AvgIpc) is 3.80. The van der Waals surface area contributed by atoms with Gasteiger partial charge in [0.25, 0.3) is 11.1 Å². The lowest BCUT2D eigenvalue weighted by Gasteiger charge is -2.30. The van der Waals surface area contributed by atoms with Gasteiger partial charge in [0.2, 0.25) is 0 Å². The Bertz CT molecular complexity index is 2870. The van der Waals surface area contributed by atoms with Gasteiger partial charge in [-0.3, -0.25) is 19.0 Å². The average molecular weight is 763 g/mol. The van der Waals surface area contributed by atoms with Gasteiger partial charge in [-0.1, -0.05) is 19.1 Å². The van der Waals surface area contributed by atoms with Gasteiger partial charge >= 0.3 is 0 Å². The van der Waals surface area contributed by atoms with Gasteiger partial charge in [0, 0.05) is 72.4 Å². The number of aryl methyl sites for hydroxylation is 2. The van der Waals surface area contributed by atoms with Crippen molar-refractivity contribution < 1.29 is 0 Å². The molecule has 2 fully saturated rings. The number of aromatic nitrogens is 10. The predicted molar refractivity (Wildman–Crippen MR) is 221 cm³/mol. The van der Waals surface area contributed by atoms with Crippen molar-refractivity contribution in [3.63, 3.8) is 0 Å². The highest BCUT2D eigenvalue weighted by Crippen LogP contribution is 2.28. The molecular weight excluding hydrogens is 717 g/mol. The van der Waals surface area contributed by atoms with Crippen molar-refractivity contribution in [3.05, 3.63) is 117 Å². The van der Waals surface area contributed by atoms with Crippen LogP contribution < -0.4 is 11.1 Å². The molecule has 0 atom stereocenters. The van der Waals surface area contributed by atoms with Gasteiger partial charge in [-0.25, -0.2) is 9.97 Å². The van der Waals surface area contributed by atoms with E-state index >= 15 is 0 Å². The Morgan fingerprint density at radius 3 is 1.47 bits per heavy atom. The molecule has 8 heterocycles. The van der Waals surface area contributed by atoms with Gasteiger partial charge in [0.05, 0.1) is 33.8 Å². The molecule has 0 unspecified atom stereocenters. The van der Waals surface area contributed by atoms with Gasteiger partial charge in [-0.2, -0.15) is 29.4 Å². The number of nitrogens with zero attached hydrogens (tertiary/aromatic N) is 12. The summed E-state index contributed by atoms with van der Waals surface area (Å²) in [5.74, 6) is 0.807. The highest BCUT2D eigenvalue weighted by molar-refractivity contribution is 5.84. The van der Waals surface area contributed by atoms with Crippen molar-refractivity contribution in [2.75, 3.05) is 39.8 Å². The van der Waals surface area contributed by atoms with E-state index in [0.29, 0.717) is 34.5 Å². The Balaban J connectivity index is 0.000000148. The molecule has 14 nitrogen and oxygen atoms in total. The van der Waals surface area contributed by atoms with Crippen LogP contribution in [-0.2, 0) is 14.1 Å². The van der Waals surface area contributed by atoms with E-state index in [1.807, 2.05) is 87.2 Å². The molecule has 0 spiro atoms. The third kappa shape index (κ3) is 7.45. The second-order valence-corrected chi connectivity index (χ2v) is 15.5. The lowest BCUT2D eigenvalue weighted by Crippen LogP contribution is -2.33. The number of rotatable bonds is 5. The van der Waals surface area contributed by atoms with Gasteiger partial charge in [0.1, 0.15) is 0 Å². The number of likely N-dealkylation sites (tertiary alicyclic amines) is 2. The van der Waals surface area contributed by atoms with Crippen LogP contribution in [0.15, 0.2) is 94.8 Å². The number of hydrogen-bond acceptors (Lipinski definition) is 10. The van der Waals surface area contributed by atoms with Gasteiger partial charge in [-0.05, 0) is 114 Å². The molecule has 2 aliphatic rings. The van der Waals surface area contributed by atoms with Crippen LogP contribution in [0.3, 0.4) is 0 Å². The minimum Gasteiger partial charge on any atom is -0.306 e. The lowest BCUT2D eigenvalue weighted by molar-refractivity contribution is 0.220. The first kappa shape index (κ1) is 36.5. The Labute approximate surface area is 329 Å². The van der Waals surface area contributed by atoms with Crippen LogP contribution in [0.1, 0.15) is 55.8 Å². The van der Waals surface area contributed by atoms with Crippen molar-refractivity contribution in [2.24, 2.45) is 14.1 Å². The molecule has 0 radical (unpaired) electrons. The predicted octanol–water partition coefficient (Wildman–Crippen LogP) is 5.29. The van der Waals surface area contributed by atoms with Crippen LogP contribution >= 0.6 is 0 Å². The van der Waals surface area contributed by atoms with E-state index < -0.39 is 0 Å². The first-order chi connectivity index (χ1) is 27.7. The number of hydrogen-bond donors (Lipinski definition) is 0. The molecule has 290 valence electrons. The molecule has 0 bridgehead atoms. The quantitative estimate of drug-likeness (QED) is 0.228. The summed E-state index contributed by atoms with van der Waals surface area (Å²) in [7, 11) is 5.94. The van der Waals surface area contributed by atoms with Crippen molar-refractivity contribution in [2.45, 2.75) is 44.4 Å². The van der Waals surface area contributed by atoms with E-state index in [1.54, 1.807) is 21.5 Å². The maximum Gasteiger partial charge on any atom is 0.275 e. The Morgan fingerprint density at radius 2 is 1.02 bits per heavy atom. The molecule has 2 saturated heterocycles. The standard InChI is InChI=1S/C22H24N6O.C21H22N6O/c1-3-27-10-8-15(9-11-27)18-6-7-21-23-20(13-22(29)28(21)25-18)16-4-5-19-17(12-16)14-26(2)24-19;1-25-9-7-14(8-10-25)17-5-6-20-22-19(12-21(28)27(20)24-17)15-3-4-18-16(11-15)13-26(2)23-18/h4-7,12-15H,3,8-11H2,1-2H3;3-6,11-14H,7-10H2,1-2H3. The fourth-order valence-corrected chi connectivity index (χ4v) is 8.22. The number of piperidine rings is 2. The van der Waals surface area contributed by atoms with Crippen molar-refractivity contribution in [1.82, 2.24) is 58.6 Å². The summed E-state index contributed by atoms with van der Waals surface area (Å²) >= 11 is 0. The summed E-state index contributed by atoms with van der Waals surface area (Å²) in [6.45, 7) is 7.59. The molecule has 57 heavy (non-hydrogen) atoms. The van der Waals surface area contributed by atoms with E-state index in [-0.39, 0.29) is 11.1 Å². The van der Waals surface area contributed by atoms with E-state index in [4.69, 9.17) is 4.98 Å². The second-order valence-electron chi connectivity index (χ2n) is 15.5. The Kier molecular flexibility index (Phi) is 9.66. The van der Waals surface area contributed by atoms with Crippen LogP contribution in [0.25, 0.3) is 55.6 Å². The maximum atomic E-state index is 12.8. The third-order valence-electron chi connectivity index (χ3n) is 11.5. The zero-order valence-electron chi connectivity index (χ0n) is 32.8. The summed E-state index contributed by atoms with van der Waals surface area (Å²) in [6.07, 6.45) is 8.23. The zero-order chi connectivity index (χ0) is 39.2. The normalized spacial score (nSPS) is 16.1. The Morgan fingerprint density at radius 1 is 0.561 bits per heavy atom. The SMILES string of the molecule is CCN1CCC(c2ccc3nc(-c4ccc5nn(C)cc5c4)cc(=O)n3n2)CC1.CN1CCC(c2ccc3nc(-c4ccc5nn(C)cc5c4)cc(=O)n3n2)CC1. The second kappa shape index (κ2) is 15.1. The van der Waals surface area contributed by atoms with Gasteiger partial charge in [-0.15, -0.1) is 0 Å². The van der Waals surface area contributed by atoms with Crippen LogP contribution in [0.4, 0.5) is 0 Å². The summed E-state index contributed by atoms with van der Waals surface area (Å²) < 4.78 is 6.44. The van der Waals surface area contributed by atoms with E-state index in [1.165, 1.54) is 9.03 Å². The smallest absolute Gasteiger partial charge is 0.275 e. The van der Waals surface area contributed by atoms with E-state index in [2.05, 4.69) is 49.1 Å². The molecule has 2 aliphatic heterocycles. The molecule has 2 aromatic carbocycles. The Hall–Kier alpha value is -6.12. The molecule has 8 aromatic rings. The highest BCUT2D eigenvalue weighted by Gasteiger charge is 2.22. The molecule has 6 aromatic heterocycles. The molecule has 0 aliphatic carbocycles. The fraction of sp³-hybridized carbons (Fsp3) is 0.349. The van der Waals surface area contributed by atoms with Gasteiger partial charge < -0.3 is 9.80 Å². The van der Waals surface area contributed by atoms with E-state index in [9.17, 15) is 9.59 Å². The monoisotopic (exact) mass is 762 g/mol. The summed E-state index contributed by atoms with van der Waals surface area (Å²) in [4.78, 5) is 39.7. The highest BCUT2D eigenvalue weighted by atomic mass is 16.1. The minimum absolute atomic E-state index is 0.149. The maximum absolute atomic E-state index is 12.8. The molecule has 0 saturated carbocycles. The summed E-state index contributed by atoms with van der Waals surface area (Å²) in [6, 6.07) is 22.9. The third-order valence-corrected chi connectivity index (χ3v) is 11.5. The van der Waals surface area contributed by atoms with Crippen molar-refractivity contribution in [3.8, 4) is 22.5 Å². The van der Waals surface area contributed by atoms with Crippen molar-refractivity contribution in [1.29, 1.82) is 0 Å². The molecule has 10 rings (SSSR count). The van der Waals surface area contributed by atoms with Crippen LogP contribution in [0.2, 0.25) is 0 Å². The number of benzene rings is 2. The first-order valence-electron chi connectivity index (χ1n) is 19.8. The van der Waals surface area contributed by atoms with Gasteiger partial charge in [0.15, 0.2) is 11.3 Å². The largest absolute Gasteiger partial charge is 0.306 e. The van der Waals surface area contributed by atoms with Crippen LogP contribution in [-0.4, -0.2) is 98.3 Å². The molecule has 0 N–H and O–H groups in total. The molecule has 14 heteroatoms. The molecule has 0 amide bonds. The first-order valence-corrected chi connectivity index (χ1v) is 19.8. The minimum atomic E-state index is -0.152. The topological polar surface area (TPSA) is 137 Å². The van der Waals surface area contributed by atoms with E-state index in [0.717, 1.165) is 103 Å². The molecular formula is C43H46N12O2. The van der Waals surface area contributed by atoms with Crippen LogP contribution in [0, 0.1) is 0 Å². The number of fused-ring (bicyclic) bond motifs is 4. The lowest BCUT2D eigenvalue weighted by atomic mass is 9.93.